The number of ether oxygens (including phenoxy) is 1. The number of amides is 1. The number of benzene rings is 2. The molecule has 0 saturated heterocycles. The van der Waals surface area contributed by atoms with Crippen molar-refractivity contribution in [1.29, 1.82) is 0 Å². The number of rotatable bonds is 5. The lowest BCUT2D eigenvalue weighted by atomic mass is 10.0. The van der Waals surface area contributed by atoms with Crippen molar-refractivity contribution < 1.29 is 14.3 Å². The zero-order chi connectivity index (χ0) is 17.7. The van der Waals surface area contributed by atoms with Gasteiger partial charge in [-0.05, 0) is 29.2 Å². The Hall–Kier alpha value is -2.33. The summed E-state index contributed by atoms with van der Waals surface area (Å²) in [6.45, 7) is 5.04. The highest BCUT2D eigenvalue weighted by Gasteiger charge is 2.25. The molecule has 1 N–H and O–H groups in total. The molecule has 2 rings (SSSR count). The van der Waals surface area contributed by atoms with E-state index in [4.69, 9.17) is 16.3 Å². The van der Waals surface area contributed by atoms with E-state index in [0.717, 1.165) is 11.1 Å². The molecule has 24 heavy (non-hydrogen) atoms. The van der Waals surface area contributed by atoms with Gasteiger partial charge < -0.3 is 10.1 Å². The number of hydrogen-bond donors (Lipinski definition) is 1. The molecule has 0 aliphatic heterocycles. The summed E-state index contributed by atoms with van der Waals surface area (Å²) in [6, 6.07) is 14.3. The molecule has 0 aliphatic carbocycles. The van der Waals surface area contributed by atoms with Crippen LogP contribution in [0.5, 0.6) is 5.75 Å². The van der Waals surface area contributed by atoms with Crippen LogP contribution in [-0.4, -0.2) is 17.9 Å². The first-order chi connectivity index (χ1) is 11.4. The third-order valence-electron chi connectivity index (χ3n) is 3.53. The molecule has 0 fully saturated rings. The van der Waals surface area contributed by atoms with Crippen LogP contribution in [0.1, 0.15) is 20.8 Å². The lowest BCUT2D eigenvalue weighted by Crippen LogP contribution is -2.45. The predicted octanol–water partition coefficient (Wildman–Crippen LogP) is 4.07. The van der Waals surface area contributed by atoms with E-state index in [2.05, 4.69) is 5.32 Å². The maximum absolute atomic E-state index is 12.3. The first kappa shape index (κ1) is 18.0. The minimum absolute atomic E-state index is 0.0937. The molecule has 126 valence electrons. The average molecular weight is 346 g/mol. The van der Waals surface area contributed by atoms with Crippen LogP contribution < -0.4 is 10.1 Å². The Kier molecular flexibility index (Phi) is 5.99. The number of nitrogens with one attached hydrogen (secondary N) is 1. The average Bonchev–Trinajstić information content (AvgIpc) is 2.54. The van der Waals surface area contributed by atoms with Gasteiger partial charge in [0.25, 0.3) is 0 Å². The Bertz CT molecular complexity index is 729. The smallest absolute Gasteiger partial charge is 0.334 e. The first-order valence-corrected chi connectivity index (χ1v) is 8.10. The Morgan fingerprint density at radius 2 is 1.71 bits per heavy atom. The summed E-state index contributed by atoms with van der Waals surface area (Å²) in [7, 11) is 0. The third-order valence-corrected chi connectivity index (χ3v) is 3.82. The Morgan fingerprint density at radius 1 is 1.04 bits per heavy atom. The number of halogens is 1. The van der Waals surface area contributed by atoms with E-state index >= 15 is 0 Å². The molecule has 0 radical (unpaired) electrons. The monoisotopic (exact) mass is 345 g/mol. The van der Waals surface area contributed by atoms with Gasteiger partial charge in [-0.1, -0.05) is 61.8 Å². The fourth-order valence-corrected chi connectivity index (χ4v) is 2.50. The van der Waals surface area contributed by atoms with Gasteiger partial charge in [-0.15, -0.1) is 0 Å². The summed E-state index contributed by atoms with van der Waals surface area (Å²) in [6.07, 6.45) is 0. The second-order valence-corrected chi connectivity index (χ2v) is 6.26. The highest BCUT2D eigenvalue weighted by Crippen LogP contribution is 2.30. The van der Waals surface area contributed by atoms with Gasteiger partial charge in [-0.2, -0.15) is 0 Å². The van der Waals surface area contributed by atoms with Crippen molar-refractivity contribution >= 4 is 23.5 Å². The van der Waals surface area contributed by atoms with Crippen molar-refractivity contribution in [1.82, 2.24) is 5.32 Å². The molecule has 1 amide bonds. The molecular formula is C19H20ClNO3. The summed E-state index contributed by atoms with van der Waals surface area (Å²) in [5.74, 6) is -0.633. The maximum Gasteiger partial charge on any atom is 0.334 e. The van der Waals surface area contributed by atoms with Crippen molar-refractivity contribution in [3.8, 4) is 16.9 Å². The standard InChI is InChI=1S/C19H20ClNO3/c1-12(2)18(21-13(3)22)19(23)24-17-10-9-15(11-16(17)20)14-7-5-4-6-8-14/h4-12,18H,1-3H3,(H,21,22). The zero-order valence-electron chi connectivity index (χ0n) is 13.9. The maximum atomic E-state index is 12.3. The number of hydrogen-bond acceptors (Lipinski definition) is 3. The summed E-state index contributed by atoms with van der Waals surface area (Å²) < 4.78 is 5.37. The molecule has 0 spiro atoms. The van der Waals surface area contributed by atoms with Crippen LogP contribution >= 0.6 is 11.6 Å². The van der Waals surface area contributed by atoms with Crippen molar-refractivity contribution in [3.05, 3.63) is 53.6 Å². The lowest BCUT2D eigenvalue weighted by molar-refractivity contribution is -0.140. The highest BCUT2D eigenvalue weighted by atomic mass is 35.5. The van der Waals surface area contributed by atoms with Gasteiger partial charge >= 0.3 is 5.97 Å². The van der Waals surface area contributed by atoms with E-state index in [1.807, 2.05) is 50.2 Å². The topological polar surface area (TPSA) is 55.4 Å². The summed E-state index contributed by atoms with van der Waals surface area (Å²) in [5, 5.41) is 2.94. The van der Waals surface area contributed by atoms with E-state index in [9.17, 15) is 9.59 Å². The van der Waals surface area contributed by atoms with Gasteiger partial charge in [0.15, 0.2) is 0 Å². The largest absolute Gasteiger partial charge is 0.423 e. The fraction of sp³-hybridized carbons (Fsp3) is 0.263. The third kappa shape index (κ3) is 4.59. The van der Waals surface area contributed by atoms with E-state index in [1.165, 1.54) is 6.92 Å². The van der Waals surface area contributed by atoms with Crippen LogP contribution in [0, 0.1) is 5.92 Å². The van der Waals surface area contributed by atoms with Gasteiger partial charge in [0, 0.05) is 6.92 Å². The normalized spacial score (nSPS) is 11.9. The van der Waals surface area contributed by atoms with Gasteiger partial charge in [-0.25, -0.2) is 4.79 Å². The minimum atomic E-state index is -0.715. The quantitative estimate of drug-likeness (QED) is 0.656. The van der Waals surface area contributed by atoms with E-state index in [1.54, 1.807) is 12.1 Å². The Morgan fingerprint density at radius 3 is 2.25 bits per heavy atom. The molecule has 0 heterocycles. The molecule has 1 unspecified atom stereocenters. The lowest BCUT2D eigenvalue weighted by Gasteiger charge is -2.20. The van der Waals surface area contributed by atoms with E-state index in [-0.39, 0.29) is 17.6 Å². The summed E-state index contributed by atoms with van der Waals surface area (Å²) >= 11 is 6.25. The van der Waals surface area contributed by atoms with Crippen LogP contribution in [-0.2, 0) is 9.59 Å². The zero-order valence-corrected chi connectivity index (χ0v) is 14.6. The molecule has 1 atom stereocenters. The molecule has 0 aliphatic rings. The SMILES string of the molecule is CC(=O)NC(C(=O)Oc1ccc(-c2ccccc2)cc1Cl)C(C)C. The second-order valence-electron chi connectivity index (χ2n) is 5.85. The van der Waals surface area contributed by atoms with Gasteiger partial charge in [0.05, 0.1) is 5.02 Å². The molecule has 0 aromatic heterocycles. The van der Waals surface area contributed by atoms with Crippen LogP contribution in [0.3, 0.4) is 0 Å². The van der Waals surface area contributed by atoms with Crippen LogP contribution in [0.4, 0.5) is 0 Å². The predicted molar refractivity (Wildman–Crippen MR) is 95.0 cm³/mol. The van der Waals surface area contributed by atoms with E-state index < -0.39 is 12.0 Å². The van der Waals surface area contributed by atoms with Gasteiger partial charge in [0.1, 0.15) is 11.8 Å². The molecule has 4 nitrogen and oxygen atoms in total. The highest BCUT2D eigenvalue weighted by molar-refractivity contribution is 6.32. The van der Waals surface area contributed by atoms with Crippen molar-refractivity contribution in [2.24, 2.45) is 5.92 Å². The molecule has 0 saturated carbocycles. The van der Waals surface area contributed by atoms with Gasteiger partial charge in [-0.3, -0.25) is 4.79 Å². The van der Waals surface area contributed by atoms with Gasteiger partial charge in [0.2, 0.25) is 5.91 Å². The molecule has 2 aromatic rings. The number of carbonyl (C=O) groups excluding carboxylic acids is 2. The minimum Gasteiger partial charge on any atom is -0.423 e. The number of esters is 1. The van der Waals surface area contributed by atoms with Crippen LogP contribution in [0.25, 0.3) is 11.1 Å². The Labute approximate surface area is 146 Å². The first-order valence-electron chi connectivity index (χ1n) is 7.72. The van der Waals surface area contributed by atoms with Crippen LogP contribution in [0.15, 0.2) is 48.5 Å². The molecular weight excluding hydrogens is 326 g/mol. The molecule has 5 heteroatoms. The molecule has 2 aromatic carbocycles. The Balaban J connectivity index is 2.18. The van der Waals surface area contributed by atoms with Crippen LogP contribution in [0.2, 0.25) is 5.02 Å². The van der Waals surface area contributed by atoms with E-state index in [0.29, 0.717) is 5.02 Å². The fourth-order valence-electron chi connectivity index (χ4n) is 2.28. The van der Waals surface area contributed by atoms with Crippen molar-refractivity contribution in [2.45, 2.75) is 26.8 Å². The van der Waals surface area contributed by atoms with Crippen molar-refractivity contribution in [3.63, 3.8) is 0 Å². The number of carbonyl (C=O) groups is 2. The summed E-state index contributed by atoms with van der Waals surface area (Å²) in [5.41, 5.74) is 1.96. The molecule has 0 bridgehead atoms. The van der Waals surface area contributed by atoms with Crippen molar-refractivity contribution in [2.75, 3.05) is 0 Å². The summed E-state index contributed by atoms with van der Waals surface area (Å²) in [4.78, 5) is 23.5. The second kappa shape index (κ2) is 7.97.